The lowest BCUT2D eigenvalue weighted by molar-refractivity contribution is -0.126. The third-order valence-corrected chi connectivity index (χ3v) is 8.10. The van der Waals surface area contributed by atoms with E-state index in [1.54, 1.807) is 7.11 Å². The molecule has 0 aromatic heterocycles. The fourth-order valence-corrected chi connectivity index (χ4v) is 7.10. The molecule has 1 aromatic rings. The minimum absolute atomic E-state index is 0.0303. The number of fused-ring (bicyclic) bond motifs is 5. The van der Waals surface area contributed by atoms with Gasteiger partial charge in [-0.2, -0.15) is 0 Å². The van der Waals surface area contributed by atoms with Gasteiger partial charge in [-0.3, -0.25) is 4.79 Å². The highest BCUT2D eigenvalue weighted by atomic mass is 28.4. The number of carbonyl (C=O) groups is 1. The Bertz CT molecular complexity index is 723. The van der Waals surface area contributed by atoms with Crippen LogP contribution in [0.15, 0.2) is 18.2 Å². The highest BCUT2D eigenvalue weighted by Crippen LogP contribution is 2.61. The van der Waals surface area contributed by atoms with Crippen molar-refractivity contribution in [1.29, 1.82) is 0 Å². The Morgan fingerprint density at radius 2 is 1.96 bits per heavy atom. The first-order valence-corrected chi connectivity index (χ1v) is 13.5. The van der Waals surface area contributed by atoms with Gasteiger partial charge in [0, 0.05) is 11.8 Å². The Morgan fingerprint density at radius 1 is 1.19 bits per heavy atom. The van der Waals surface area contributed by atoms with E-state index in [1.807, 2.05) is 0 Å². The van der Waals surface area contributed by atoms with Crippen molar-refractivity contribution in [1.82, 2.24) is 0 Å². The summed E-state index contributed by atoms with van der Waals surface area (Å²) in [5.41, 5.74) is 2.99. The molecule has 0 radical (unpaired) electrons. The molecular formula is C22H32O3Si. The van der Waals surface area contributed by atoms with Crippen LogP contribution < -0.4 is 4.74 Å². The predicted octanol–water partition coefficient (Wildman–Crippen LogP) is 4.95. The normalized spacial score (nSPS) is 36.3. The van der Waals surface area contributed by atoms with Crippen LogP contribution in [0.1, 0.15) is 49.7 Å². The number of Topliss-reactive ketones (excluding diaryl/α,β-unsaturated/α-hetero) is 1. The van der Waals surface area contributed by atoms with Crippen LogP contribution in [0.4, 0.5) is 0 Å². The van der Waals surface area contributed by atoms with Crippen LogP contribution in [0.3, 0.4) is 0 Å². The molecule has 0 spiro atoms. The van der Waals surface area contributed by atoms with Crippen LogP contribution in [-0.4, -0.2) is 27.3 Å². The predicted molar refractivity (Wildman–Crippen MR) is 106 cm³/mol. The van der Waals surface area contributed by atoms with Crippen LogP contribution in [0.2, 0.25) is 19.6 Å². The summed E-state index contributed by atoms with van der Waals surface area (Å²) in [6.45, 7) is 8.94. The van der Waals surface area contributed by atoms with Crippen molar-refractivity contribution < 1.29 is 14.0 Å². The fourth-order valence-electron chi connectivity index (χ4n) is 5.99. The average molecular weight is 373 g/mol. The van der Waals surface area contributed by atoms with E-state index < -0.39 is 8.32 Å². The standard InChI is InChI=1S/C22H32O3Si/c1-22-11-10-17-16-9-7-15(24-2)12-14(16)6-8-18(17)19(22)13-20(23)21(22)25-26(3,4)5/h7,9,12,17-19,21H,6,8,10-11,13H2,1-5H3/t17-,18-,19+,21?,22+/m1/s1. The molecule has 1 unspecified atom stereocenters. The summed E-state index contributed by atoms with van der Waals surface area (Å²) in [5.74, 6) is 3.02. The molecule has 0 N–H and O–H groups in total. The molecule has 3 aliphatic carbocycles. The molecule has 0 bridgehead atoms. The number of benzene rings is 1. The van der Waals surface area contributed by atoms with Gasteiger partial charge in [0.05, 0.1) is 7.11 Å². The summed E-state index contributed by atoms with van der Waals surface area (Å²) in [7, 11) is 0.00443. The minimum atomic E-state index is -1.73. The molecule has 2 saturated carbocycles. The Labute approximate surface area is 158 Å². The van der Waals surface area contributed by atoms with Crippen molar-refractivity contribution in [2.24, 2.45) is 17.3 Å². The first-order chi connectivity index (χ1) is 12.2. The molecule has 5 atom stereocenters. The Hall–Kier alpha value is -1.13. The zero-order chi connectivity index (χ0) is 18.7. The number of hydrogen-bond donors (Lipinski definition) is 0. The molecule has 0 aliphatic heterocycles. The van der Waals surface area contributed by atoms with Gasteiger partial charge in [-0.1, -0.05) is 13.0 Å². The molecule has 0 saturated heterocycles. The van der Waals surface area contributed by atoms with Crippen molar-refractivity contribution in [3.05, 3.63) is 29.3 Å². The van der Waals surface area contributed by atoms with E-state index in [0.29, 0.717) is 23.5 Å². The summed E-state index contributed by atoms with van der Waals surface area (Å²) in [6, 6.07) is 6.60. The number of ketones is 1. The first kappa shape index (κ1) is 18.2. The maximum Gasteiger partial charge on any atom is 0.184 e. The number of carbonyl (C=O) groups excluding carboxylic acids is 1. The van der Waals surface area contributed by atoms with Gasteiger partial charge in [0.25, 0.3) is 0 Å². The zero-order valence-corrected chi connectivity index (χ0v) is 17.8. The van der Waals surface area contributed by atoms with Gasteiger partial charge < -0.3 is 9.16 Å². The van der Waals surface area contributed by atoms with Crippen molar-refractivity contribution >= 4 is 14.1 Å². The second-order valence-corrected chi connectivity index (χ2v) is 14.3. The second-order valence-electron chi connectivity index (χ2n) is 9.81. The molecule has 26 heavy (non-hydrogen) atoms. The molecule has 0 amide bonds. The summed E-state index contributed by atoms with van der Waals surface area (Å²) in [5, 5.41) is 0. The molecule has 4 rings (SSSR count). The molecule has 3 nitrogen and oxygen atoms in total. The van der Waals surface area contributed by atoms with Gasteiger partial charge in [0.15, 0.2) is 14.1 Å². The van der Waals surface area contributed by atoms with Crippen molar-refractivity contribution in [3.63, 3.8) is 0 Å². The Kier molecular flexibility index (Phi) is 4.35. The maximum atomic E-state index is 12.9. The van der Waals surface area contributed by atoms with Gasteiger partial charge in [-0.25, -0.2) is 0 Å². The highest BCUT2D eigenvalue weighted by Gasteiger charge is 2.59. The number of methoxy groups -OCH3 is 1. The Morgan fingerprint density at radius 3 is 2.65 bits per heavy atom. The summed E-state index contributed by atoms with van der Waals surface area (Å²) >= 11 is 0. The molecule has 4 heteroatoms. The number of rotatable bonds is 3. The van der Waals surface area contributed by atoms with Crippen molar-refractivity contribution in [3.8, 4) is 5.75 Å². The van der Waals surface area contributed by atoms with Crippen LogP contribution in [0.25, 0.3) is 0 Å². The van der Waals surface area contributed by atoms with Gasteiger partial charge in [-0.05, 0) is 86.3 Å². The second kappa shape index (κ2) is 6.20. The number of ether oxygens (including phenoxy) is 1. The highest BCUT2D eigenvalue weighted by molar-refractivity contribution is 6.69. The molecule has 3 aliphatic rings. The van der Waals surface area contributed by atoms with Gasteiger partial charge in [-0.15, -0.1) is 0 Å². The van der Waals surface area contributed by atoms with Crippen LogP contribution in [-0.2, 0) is 15.6 Å². The quantitative estimate of drug-likeness (QED) is 0.704. The molecular weight excluding hydrogens is 340 g/mol. The zero-order valence-electron chi connectivity index (χ0n) is 16.8. The van der Waals surface area contributed by atoms with E-state index >= 15 is 0 Å². The summed E-state index contributed by atoms with van der Waals surface area (Å²) in [4.78, 5) is 12.9. The third kappa shape index (κ3) is 2.86. The Balaban J connectivity index is 1.64. The van der Waals surface area contributed by atoms with Gasteiger partial charge >= 0.3 is 0 Å². The minimum Gasteiger partial charge on any atom is -0.497 e. The largest absolute Gasteiger partial charge is 0.497 e. The lowest BCUT2D eigenvalue weighted by Gasteiger charge is -2.50. The summed E-state index contributed by atoms with van der Waals surface area (Å²) < 4.78 is 11.9. The van der Waals surface area contributed by atoms with Crippen molar-refractivity contribution in [2.75, 3.05) is 7.11 Å². The molecule has 142 valence electrons. The van der Waals surface area contributed by atoms with E-state index in [9.17, 15) is 4.79 Å². The van der Waals surface area contributed by atoms with Gasteiger partial charge in [0.1, 0.15) is 11.9 Å². The van der Waals surface area contributed by atoms with Crippen LogP contribution in [0, 0.1) is 17.3 Å². The van der Waals surface area contributed by atoms with Gasteiger partial charge in [0.2, 0.25) is 0 Å². The monoisotopic (exact) mass is 372 g/mol. The van der Waals surface area contributed by atoms with E-state index in [0.717, 1.165) is 25.0 Å². The van der Waals surface area contributed by atoms with E-state index in [1.165, 1.54) is 24.0 Å². The van der Waals surface area contributed by atoms with E-state index in [4.69, 9.17) is 9.16 Å². The SMILES string of the molecule is COc1ccc2c(c1)CC[C@@H]1[C@@H]2CC[C@]2(C)C(O[Si](C)(C)C)C(=O)C[C@@H]12. The summed E-state index contributed by atoms with van der Waals surface area (Å²) in [6.07, 6.45) is 5.13. The lowest BCUT2D eigenvalue weighted by Crippen LogP contribution is -2.48. The smallest absolute Gasteiger partial charge is 0.184 e. The van der Waals surface area contributed by atoms with Crippen molar-refractivity contribution in [2.45, 2.75) is 70.7 Å². The molecule has 1 aromatic carbocycles. The molecule has 0 heterocycles. The average Bonchev–Trinajstić information content (AvgIpc) is 2.84. The number of hydrogen-bond acceptors (Lipinski definition) is 3. The first-order valence-electron chi connectivity index (χ1n) is 10.1. The maximum absolute atomic E-state index is 12.9. The topological polar surface area (TPSA) is 35.5 Å². The van der Waals surface area contributed by atoms with Crippen LogP contribution in [0.5, 0.6) is 5.75 Å². The number of aryl methyl sites for hydroxylation is 1. The molecule has 2 fully saturated rings. The van der Waals surface area contributed by atoms with E-state index in [-0.39, 0.29) is 11.5 Å². The fraction of sp³-hybridized carbons (Fsp3) is 0.682. The van der Waals surface area contributed by atoms with Crippen LogP contribution >= 0.6 is 0 Å². The third-order valence-electron chi connectivity index (χ3n) is 7.16. The van der Waals surface area contributed by atoms with E-state index in [2.05, 4.69) is 44.8 Å². The lowest BCUT2D eigenvalue weighted by atomic mass is 9.55.